The Hall–Kier alpha value is -1.57. The van der Waals surface area contributed by atoms with E-state index in [0.29, 0.717) is 10.6 Å². The van der Waals surface area contributed by atoms with Crippen LogP contribution in [0.4, 0.5) is 18.9 Å². The van der Waals surface area contributed by atoms with E-state index in [1.165, 1.54) is 11.3 Å². The second-order valence-corrected chi connectivity index (χ2v) is 4.67. The molecular weight excluding hydrogens is 267 g/mol. The highest BCUT2D eigenvalue weighted by Gasteiger charge is 2.28. The van der Waals surface area contributed by atoms with Gasteiger partial charge in [0.05, 0.1) is 12.1 Å². The Morgan fingerprint density at radius 2 is 2.17 bits per heavy atom. The molecule has 0 aliphatic carbocycles. The lowest BCUT2D eigenvalue weighted by atomic mass is 10.3. The van der Waals surface area contributed by atoms with Crippen molar-refractivity contribution in [3.8, 4) is 10.8 Å². The standard InChI is InChI=1S/C10H10F3N3OS/c1-5-4-18-8(7(5)14)9-15-6(16-17-9)2-3-10(11,12)13/h4H,2-3,14H2,1H3. The molecule has 0 amide bonds. The molecular formula is C10H10F3N3OS. The first kappa shape index (κ1) is 12.9. The number of aromatic nitrogens is 2. The van der Waals surface area contributed by atoms with Crippen LogP contribution in [0.3, 0.4) is 0 Å². The number of nitrogens with two attached hydrogens (primary N) is 1. The lowest BCUT2D eigenvalue weighted by Gasteiger charge is -2.01. The molecule has 18 heavy (non-hydrogen) atoms. The lowest BCUT2D eigenvalue weighted by Crippen LogP contribution is -2.09. The van der Waals surface area contributed by atoms with Crippen LogP contribution in [0.5, 0.6) is 0 Å². The number of thiophene rings is 1. The monoisotopic (exact) mass is 277 g/mol. The summed E-state index contributed by atoms with van der Waals surface area (Å²) in [7, 11) is 0. The smallest absolute Gasteiger partial charge is 0.389 e. The Morgan fingerprint density at radius 1 is 1.44 bits per heavy atom. The molecule has 2 N–H and O–H groups in total. The quantitative estimate of drug-likeness (QED) is 0.935. The lowest BCUT2D eigenvalue weighted by molar-refractivity contribution is -0.134. The van der Waals surface area contributed by atoms with Crippen LogP contribution in [0.2, 0.25) is 0 Å². The molecule has 0 aromatic carbocycles. The highest BCUT2D eigenvalue weighted by Crippen LogP contribution is 2.33. The van der Waals surface area contributed by atoms with Crippen molar-refractivity contribution < 1.29 is 17.7 Å². The van der Waals surface area contributed by atoms with Crippen molar-refractivity contribution in [2.45, 2.75) is 25.9 Å². The third-order valence-corrected chi connectivity index (χ3v) is 3.42. The number of hydrogen-bond acceptors (Lipinski definition) is 5. The fourth-order valence-corrected chi connectivity index (χ4v) is 2.21. The van der Waals surface area contributed by atoms with E-state index in [2.05, 4.69) is 10.1 Å². The van der Waals surface area contributed by atoms with Gasteiger partial charge in [0.1, 0.15) is 4.88 Å². The molecule has 0 unspecified atom stereocenters. The van der Waals surface area contributed by atoms with Gasteiger partial charge in [-0.2, -0.15) is 18.2 Å². The van der Waals surface area contributed by atoms with Crippen molar-refractivity contribution in [3.05, 3.63) is 16.8 Å². The number of aryl methyl sites for hydroxylation is 2. The Kier molecular flexibility index (Phi) is 3.29. The molecule has 0 bridgehead atoms. The van der Waals surface area contributed by atoms with Crippen LogP contribution in [0, 0.1) is 6.92 Å². The molecule has 2 heterocycles. The van der Waals surface area contributed by atoms with E-state index in [9.17, 15) is 13.2 Å². The maximum absolute atomic E-state index is 12.0. The molecule has 0 aliphatic heterocycles. The van der Waals surface area contributed by atoms with Crippen molar-refractivity contribution in [1.82, 2.24) is 10.1 Å². The average Bonchev–Trinajstić information content (AvgIpc) is 2.84. The van der Waals surface area contributed by atoms with E-state index in [4.69, 9.17) is 10.3 Å². The number of rotatable bonds is 3. The van der Waals surface area contributed by atoms with Gasteiger partial charge >= 0.3 is 6.18 Å². The summed E-state index contributed by atoms with van der Waals surface area (Å²) in [5.74, 6) is 0.204. The van der Waals surface area contributed by atoms with Crippen LogP contribution >= 0.6 is 11.3 Å². The molecule has 98 valence electrons. The number of anilines is 1. The molecule has 0 radical (unpaired) electrons. The first-order valence-corrected chi connectivity index (χ1v) is 5.98. The molecule has 8 heteroatoms. The van der Waals surface area contributed by atoms with Crippen LogP contribution in [0.25, 0.3) is 10.8 Å². The Labute approximate surface area is 105 Å². The normalized spacial score (nSPS) is 12.0. The first-order chi connectivity index (χ1) is 8.37. The highest BCUT2D eigenvalue weighted by molar-refractivity contribution is 7.14. The highest BCUT2D eigenvalue weighted by atomic mass is 32.1. The second-order valence-electron chi connectivity index (χ2n) is 3.79. The van der Waals surface area contributed by atoms with Crippen molar-refractivity contribution in [3.63, 3.8) is 0 Å². The van der Waals surface area contributed by atoms with Gasteiger partial charge in [0.15, 0.2) is 5.82 Å². The summed E-state index contributed by atoms with van der Waals surface area (Å²) in [6.45, 7) is 1.83. The second kappa shape index (κ2) is 4.60. The van der Waals surface area contributed by atoms with Gasteiger partial charge in [-0.1, -0.05) is 5.16 Å². The summed E-state index contributed by atoms with van der Waals surface area (Å²) >= 11 is 1.32. The van der Waals surface area contributed by atoms with Gasteiger partial charge in [0.2, 0.25) is 0 Å². The Balaban J connectivity index is 2.13. The molecule has 2 rings (SSSR count). The summed E-state index contributed by atoms with van der Waals surface area (Å²) < 4.78 is 41.0. The fourth-order valence-electron chi connectivity index (χ4n) is 1.32. The number of nitrogens with zero attached hydrogens (tertiary/aromatic N) is 2. The fraction of sp³-hybridized carbons (Fsp3) is 0.400. The largest absolute Gasteiger partial charge is 0.397 e. The molecule has 0 fully saturated rings. The first-order valence-electron chi connectivity index (χ1n) is 5.10. The van der Waals surface area contributed by atoms with Crippen LogP contribution in [0.15, 0.2) is 9.90 Å². The van der Waals surface area contributed by atoms with Gasteiger partial charge in [-0.05, 0) is 17.9 Å². The predicted octanol–water partition coefficient (Wildman–Crippen LogP) is 3.18. The number of alkyl halides is 3. The summed E-state index contributed by atoms with van der Waals surface area (Å²) in [4.78, 5) is 4.51. The van der Waals surface area contributed by atoms with Crippen LogP contribution in [-0.4, -0.2) is 16.3 Å². The zero-order valence-electron chi connectivity index (χ0n) is 9.41. The maximum atomic E-state index is 12.0. The Morgan fingerprint density at radius 3 is 2.72 bits per heavy atom. The van der Waals surface area contributed by atoms with Crippen molar-refractivity contribution in [2.75, 3.05) is 5.73 Å². The minimum atomic E-state index is -4.22. The molecule has 0 saturated heterocycles. The van der Waals surface area contributed by atoms with Crippen LogP contribution < -0.4 is 5.73 Å². The third kappa shape index (κ3) is 2.81. The zero-order valence-corrected chi connectivity index (χ0v) is 10.2. The van der Waals surface area contributed by atoms with Gasteiger partial charge in [-0.25, -0.2) is 0 Å². The van der Waals surface area contributed by atoms with Gasteiger partial charge in [-0.3, -0.25) is 0 Å². The SMILES string of the molecule is Cc1csc(-c2nc(CCC(F)(F)F)no2)c1N. The topological polar surface area (TPSA) is 64.9 Å². The van der Waals surface area contributed by atoms with Crippen molar-refractivity contribution >= 4 is 17.0 Å². The molecule has 0 saturated carbocycles. The van der Waals surface area contributed by atoms with E-state index >= 15 is 0 Å². The molecule has 2 aromatic heterocycles. The molecule has 0 aliphatic rings. The van der Waals surface area contributed by atoms with Crippen LogP contribution in [-0.2, 0) is 6.42 Å². The van der Waals surface area contributed by atoms with E-state index < -0.39 is 12.6 Å². The van der Waals surface area contributed by atoms with Crippen LogP contribution in [0.1, 0.15) is 17.8 Å². The van der Waals surface area contributed by atoms with Gasteiger partial charge in [0, 0.05) is 6.42 Å². The minimum Gasteiger partial charge on any atom is -0.397 e. The van der Waals surface area contributed by atoms with E-state index in [1.54, 1.807) is 0 Å². The number of nitrogen functional groups attached to an aromatic ring is 1. The molecule has 4 nitrogen and oxygen atoms in total. The number of halogens is 3. The molecule has 0 spiro atoms. The van der Waals surface area contributed by atoms with Gasteiger partial charge in [0.25, 0.3) is 5.89 Å². The zero-order chi connectivity index (χ0) is 13.3. The molecule has 0 atom stereocenters. The summed E-state index contributed by atoms with van der Waals surface area (Å²) in [6, 6.07) is 0. The molecule has 2 aromatic rings. The summed E-state index contributed by atoms with van der Waals surface area (Å²) in [5.41, 5.74) is 7.19. The van der Waals surface area contributed by atoms with Crippen molar-refractivity contribution in [2.24, 2.45) is 0 Å². The maximum Gasteiger partial charge on any atom is 0.389 e. The van der Waals surface area contributed by atoms with Crippen molar-refractivity contribution in [1.29, 1.82) is 0 Å². The summed E-state index contributed by atoms with van der Waals surface area (Å²) in [5, 5.41) is 5.33. The summed E-state index contributed by atoms with van der Waals surface area (Å²) in [6.07, 6.45) is -5.48. The third-order valence-electron chi connectivity index (χ3n) is 2.32. The van der Waals surface area contributed by atoms with E-state index in [-0.39, 0.29) is 18.1 Å². The minimum absolute atomic E-state index is 0.0350. The van der Waals surface area contributed by atoms with E-state index in [0.717, 1.165) is 5.56 Å². The van der Waals surface area contributed by atoms with Gasteiger partial charge in [-0.15, -0.1) is 11.3 Å². The number of hydrogen-bond donors (Lipinski definition) is 1. The van der Waals surface area contributed by atoms with E-state index in [1.807, 2.05) is 12.3 Å². The predicted molar refractivity (Wildman–Crippen MR) is 61.1 cm³/mol. The van der Waals surface area contributed by atoms with Gasteiger partial charge < -0.3 is 10.3 Å². The average molecular weight is 277 g/mol. The Bertz CT molecular complexity index is 547.